The first-order valence-corrected chi connectivity index (χ1v) is 9.30. The van der Waals surface area contributed by atoms with E-state index in [-0.39, 0.29) is 18.0 Å². The Kier molecular flexibility index (Phi) is 7.56. The Morgan fingerprint density at radius 2 is 1.95 bits per heavy atom. The van der Waals surface area contributed by atoms with Crippen molar-refractivity contribution in [3.8, 4) is 0 Å². The van der Waals surface area contributed by atoms with Crippen molar-refractivity contribution in [2.75, 3.05) is 40.8 Å². The van der Waals surface area contributed by atoms with Gasteiger partial charge in [-0.15, -0.1) is 0 Å². The minimum atomic E-state index is -3.43. The lowest BCUT2D eigenvalue weighted by atomic mass is 10.1. The van der Waals surface area contributed by atoms with E-state index in [2.05, 4.69) is 23.9 Å². The number of nitrogens with zero attached hydrogens (tertiary/aromatic N) is 2. The number of hydrogen-bond acceptors (Lipinski definition) is 4. The van der Waals surface area contributed by atoms with E-state index in [1.807, 2.05) is 26.0 Å². The van der Waals surface area contributed by atoms with E-state index in [1.54, 1.807) is 4.31 Å². The SMILES string of the molecule is CNCC1CCCCN1S(=O)(=O)NC(CN(C)C)C(C)C. The fourth-order valence-electron chi connectivity index (χ4n) is 2.77. The summed E-state index contributed by atoms with van der Waals surface area (Å²) >= 11 is 0. The normalized spacial score (nSPS) is 22.9. The highest BCUT2D eigenvalue weighted by Gasteiger charge is 2.33. The molecule has 0 aromatic carbocycles. The van der Waals surface area contributed by atoms with Gasteiger partial charge in [0.15, 0.2) is 0 Å². The molecule has 0 aromatic rings. The molecule has 0 aliphatic carbocycles. The van der Waals surface area contributed by atoms with Crippen molar-refractivity contribution < 1.29 is 8.42 Å². The van der Waals surface area contributed by atoms with Crippen LogP contribution in [0.5, 0.6) is 0 Å². The molecule has 126 valence electrons. The third-order valence-electron chi connectivity index (χ3n) is 3.99. The van der Waals surface area contributed by atoms with Crippen LogP contribution in [0.15, 0.2) is 0 Å². The Bertz CT molecular complexity index is 396. The maximum atomic E-state index is 12.7. The number of likely N-dealkylation sites (N-methyl/N-ethyl adjacent to an activating group) is 2. The van der Waals surface area contributed by atoms with Crippen molar-refractivity contribution in [2.24, 2.45) is 5.92 Å². The van der Waals surface area contributed by atoms with E-state index in [0.29, 0.717) is 19.6 Å². The molecule has 21 heavy (non-hydrogen) atoms. The van der Waals surface area contributed by atoms with Crippen LogP contribution >= 0.6 is 0 Å². The van der Waals surface area contributed by atoms with Gasteiger partial charge in [0.05, 0.1) is 0 Å². The predicted octanol–water partition coefficient (Wildman–Crippen LogP) is 0.481. The molecule has 0 spiro atoms. The van der Waals surface area contributed by atoms with E-state index in [4.69, 9.17) is 0 Å². The van der Waals surface area contributed by atoms with Gasteiger partial charge in [-0.1, -0.05) is 20.3 Å². The molecule has 1 heterocycles. The lowest BCUT2D eigenvalue weighted by molar-refractivity contribution is 0.239. The summed E-state index contributed by atoms with van der Waals surface area (Å²) in [5.74, 6) is 0.259. The summed E-state index contributed by atoms with van der Waals surface area (Å²) in [5.41, 5.74) is 0. The third kappa shape index (κ3) is 5.83. The van der Waals surface area contributed by atoms with Gasteiger partial charge in [0.25, 0.3) is 10.2 Å². The molecule has 2 N–H and O–H groups in total. The molecule has 1 saturated heterocycles. The highest BCUT2D eigenvalue weighted by Crippen LogP contribution is 2.20. The zero-order valence-corrected chi connectivity index (χ0v) is 14.9. The standard InChI is InChI=1S/C14H32N4O2S/c1-12(2)14(11-17(4)5)16-21(19,20)18-9-7-6-8-13(18)10-15-3/h12-16H,6-11H2,1-5H3. The minimum absolute atomic E-state index is 0.0634. The third-order valence-corrected chi connectivity index (χ3v) is 5.69. The Morgan fingerprint density at radius 3 is 2.48 bits per heavy atom. The average molecular weight is 321 g/mol. The fraction of sp³-hybridized carbons (Fsp3) is 1.00. The number of hydrogen-bond donors (Lipinski definition) is 2. The van der Waals surface area contributed by atoms with Crippen LogP contribution in [0.4, 0.5) is 0 Å². The van der Waals surface area contributed by atoms with Crippen molar-refractivity contribution in [3.05, 3.63) is 0 Å². The van der Waals surface area contributed by atoms with E-state index in [9.17, 15) is 8.42 Å². The van der Waals surface area contributed by atoms with E-state index >= 15 is 0 Å². The number of nitrogens with one attached hydrogen (secondary N) is 2. The molecule has 1 aliphatic heterocycles. The second-order valence-electron chi connectivity index (χ2n) is 6.55. The zero-order valence-electron chi connectivity index (χ0n) is 14.1. The molecule has 0 radical (unpaired) electrons. The topological polar surface area (TPSA) is 64.7 Å². The van der Waals surface area contributed by atoms with Crippen molar-refractivity contribution in [1.29, 1.82) is 0 Å². The molecule has 1 aliphatic rings. The lowest BCUT2D eigenvalue weighted by Gasteiger charge is -2.36. The van der Waals surface area contributed by atoms with Gasteiger partial charge in [-0.25, -0.2) is 0 Å². The van der Waals surface area contributed by atoms with Crippen molar-refractivity contribution in [3.63, 3.8) is 0 Å². The zero-order chi connectivity index (χ0) is 16.0. The second-order valence-corrected chi connectivity index (χ2v) is 8.21. The summed E-state index contributed by atoms with van der Waals surface area (Å²) in [5, 5.41) is 3.11. The largest absolute Gasteiger partial charge is 0.318 e. The van der Waals surface area contributed by atoms with Gasteiger partial charge in [-0.05, 0) is 39.9 Å². The molecule has 2 unspecified atom stereocenters. The summed E-state index contributed by atoms with van der Waals surface area (Å²) in [6.07, 6.45) is 2.98. The van der Waals surface area contributed by atoms with Gasteiger partial charge in [-0.3, -0.25) is 0 Å². The van der Waals surface area contributed by atoms with Crippen LogP contribution in [0.25, 0.3) is 0 Å². The monoisotopic (exact) mass is 320 g/mol. The Labute approximate surface area is 130 Å². The van der Waals surface area contributed by atoms with E-state index < -0.39 is 10.2 Å². The first-order chi connectivity index (χ1) is 9.77. The van der Waals surface area contributed by atoms with Crippen molar-refractivity contribution in [2.45, 2.75) is 45.2 Å². The van der Waals surface area contributed by atoms with Crippen molar-refractivity contribution in [1.82, 2.24) is 19.2 Å². The average Bonchev–Trinajstić information content (AvgIpc) is 2.38. The maximum Gasteiger partial charge on any atom is 0.280 e. The summed E-state index contributed by atoms with van der Waals surface area (Å²) in [7, 11) is 2.38. The Hall–Kier alpha value is -0.210. The molecule has 0 aromatic heterocycles. The molecule has 1 rings (SSSR count). The van der Waals surface area contributed by atoms with Gasteiger partial charge in [0.1, 0.15) is 0 Å². The molecule has 0 saturated carbocycles. The fourth-order valence-corrected chi connectivity index (χ4v) is 4.57. The first-order valence-electron chi connectivity index (χ1n) is 7.86. The number of piperidine rings is 1. The molecule has 0 amide bonds. The summed E-state index contributed by atoms with van der Waals surface area (Å²) in [6, 6.07) is -0.00409. The maximum absolute atomic E-state index is 12.7. The van der Waals surface area contributed by atoms with Crippen LogP contribution in [0.3, 0.4) is 0 Å². The summed E-state index contributed by atoms with van der Waals surface area (Å²) in [4.78, 5) is 2.02. The molecule has 6 nitrogen and oxygen atoms in total. The van der Waals surface area contributed by atoms with Gasteiger partial charge in [0, 0.05) is 31.7 Å². The van der Waals surface area contributed by atoms with Crippen LogP contribution in [-0.2, 0) is 10.2 Å². The van der Waals surface area contributed by atoms with Crippen LogP contribution in [0.1, 0.15) is 33.1 Å². The van der Waals surface area contributed by atoms with Crippen LogP contribution in [0, 0.1) is 5.92 Å². The molecule has 0 bridgehead atoms. The molecule has 1 fully saturated rings. The molecule has 7 heteroatoms. The van der Waals surface area contributed by atoms with Gasteiger partial charge < -0.3 is 10.2 Å². The van der Waals surface area contributed by atoms with Gasteiger partial charge in [0.2, 0.25) is 0 Å². The Morgan fingerprint density at radius 1 is 1.29 bits per heavy atom. The second kappa shape index (κ2) is 8.43. The van der Waals surface area contributed by atoms with Crippen LogP contribution in [-0.4, -0.2) is 70.5 Å². The quantitative estimate of drug-likeness (QED) is 0.683. The molecular weight excluding hydrogens is 288 g/mol. The minimum Gasteiger partial charge on any atom is -0.318 e. The summed E-state index contributed by atoms with van der Waals surface area (Å²) < 4.78 is 30.0. The van der Waals surface area contributed by atoms with Crippen molar-refractivity contribution >= 4 is 10.2 Å². The highest BCUT2D eigenvalue weighted by atomic mass is 32.2. The predicted molar refractivity (Wildman–Crippen MR) is 87.5 cm³/mol. The van der Waals surface area contributed by atoms with E-state index in [1.165, 1.54) is 0 Å². The first kappa shape index (κ1) is 18.8. The van der Waals surface area contributed by atoms with Gasteiger partial charge in [-0.2, -0.15) is 17.4 Å². The van der Waals surface area contributed by atoms with Crippen LogP contribution in [0.2, 0.25) is 0 Å². The smallest absolute Gasteiger partial charge is 0.280 e. The number of rotatable bonds is 8. The molecule has 2 atom stereocenters. The summed E-state index contributed by atoms with van der Waals surface area (Å²) in [6.45, 7) is 6.15. The lowest BCUT2D eigenvalue weighted by Crippen LogP contribution is -2.56. The van der Waals surface area contributed by atoms with Crippen LogP contribution < -0.4 is 10.0 Å². The highest BCUT2D eigenvalue weighted by molar-refractivity contribution is 7.87. The van der Waals surface area contributed by atoms with Gasteiger partial charge >= 0.3 is 0 Å². The van der Waals surface area contributed by atoms with E-state index in [0.717, 1.165) is 19.3 Å². The Balaban J connectivity index is 2.81. The molecular formula is C14H32N4O2S.